The average molecular weight is 431 g/mol. The van der Waals surface area contributed by atoms with Crippen LogP contribution in [0, 0.1) is 11.3 Å². The first-order valence-electron chi connectivity index (χ1n) is 10.8. The van der Waals surface area contributed by atoms with Crippen molar-refractivity contribution in [2.45, 2.75) is 12.5 Å². The van der Waals surface area contributed by atoms with Gasteiger partial charge in [-0.05, 0) is 40.1 Å². The molecule has 5 heteroatoms. The lowest BCUT2D eigenvalue weighted by Gasteiger charge is -2.22. The van der Waals surface area contributed by atoms with Gasteiger partial charge in [0.25, 0.3) is 5.91 Å². The largest absolute Gasteiger partial charge is 0.482 e. The van der Waals surface area contributed by atoms with Crippen LogP contribution in [-0.4, -0.2) is 23.2 Å². The van der Waals surface area contributed by atoms with E-state index < -0.39 is 0 Å². The van der Waals surface area contributed by atoms with E-state index in [0.29, 0.717) is 17.7 Å². The lowest BCUT2D eigenvalue weighted by Crippen LogP contribution is -2.31. The Hall–Kier alpha value is -4.43. The highest BCUT2D eigenvalue weighted by Crippen LogP contribution is 2.33. The van der Waals surface area contributed by atoms with Gasteiger partial charge >= 0.3 is 0 Å². The maximum atomic E-state index is 13.2. The molecule has 4 aromatic carbocycles. The highest BCUT2D eigenvalue weighted by Gasteiger charge is 2.33. The van der Waals surface area contributed by atoms with Crippen LogP contribution in [0.2, 0.25) is 0 Å². The second-order valence-electron chi connectivity index (χ2n) is 7.87. The molecule has 160 valence electrons. The number of hydrazone groups is 1. The Balaban J connectivity index is 1.44. The topological polar surface area (TPSA) is 65.7 Å². The maximum absolute atomic E-state index is 13.2. The van der Waals surface area contributed by atoms with Crippen molar-refractivity contribution in [3.63, 3.8) is 0 Å². The van der Waals surface area contributed by atoms with Gasteiger partial charge in [0.05, 0.1) is 17.3 Å². The molecule has 1 amide bonds. The quantitative estimate of drug-likeness (QED) is 0.421. The van der Waals surface area contributed by atoms with Crippen LogP contribution in [0.4, 0.5) is 0 Å². The van der Waals surface area contributed by atoms with Gasteiger partial charge in [0.2, 0.25) is 0 Å². The Labute approximate surface area is 192 Å². The molecule has 0 saturated carbocycles. The van der Waals surface area contributed by atoms with Gasteiger partial charge in [-0.3, -0.25) is 4.79 Å². The van der Waals surface area contributed by atoms with E-state index >= 15 is 0 Å². The van der Waals surface area contributed by atoms with E-state index in [-0.39, 0.29) is 18.6 Å². The molecule has 5 rings (SSSR count). The maximum Gasteiger partial charge on any atom is 0.281 e. The lowest BCUT2D eigenvalue weighted by atomic mass is 9.97. The highest BCUT2D eigenvalue weighted by atomic mass is 16.5. The molecule has 33 heavy (non-hydrogen) atoms. The number of amides is 1. The van der Waals surface area contributed by atoms with Crippen LogP contribution < -0.4 is 4.74 Å². The van der Waals surface area contributed by atoms with Crippen molar-refractivity contribution in [3.8, 4) is 11.8 Å². The van der Waals surface area contributed by atoms with Gasteiger partial charge in [-0.25, -0.2) is 5.01 Å². The van der Waals surface area contributed by atoms with Crippen LogP contribution in [0.25, 0.3) is 10.8 Å². The molecular formula is C28H21N3O2. The average Bonchev–Trinajstić information content (AvgIpc) is 3.33. The zero-order chi connectivity index (χ0) is 22.6. The molecule has 0 bridgehead atoms. The fraction of sp³-hybridized carbons (Fsp3) is 0.107. The molecule has 0 aromatic heterocycles. The first kappa shape index (κ1) is 20.5. The summed E-state index contributed by atoms with van der Waals surface area (Å²) >= 11 is 0. The number of carbonyl (C=O) groups is 1. The van der Waals surface area contributed by atoms with Gasteiger partial charge in [-0.1, -0.05) is 78.9 Å². The number of rotatable bonds is 5. The monoisotopic (exact) mass is 431 g/mol. The second-order valence-corrected chi connectivity index (χ2v) is 7.87. The van der Waals surface area contributed by atoms with Gasteiger partial charge in [0.1, 0.15) is 11.8 Å². The van der Waals surface area contributed by atoms with Crippen molar-refractivity contribution in [2.75, 3.05) is 6.61 Å². The summed E-state index contributed by atoms with van der Waals surface area (Å²) in [7, 11) is 0. The first-order valence-corrected chi connectivity index (χ1v) is 10.8. The van der Waals surface area contributed by atoms with Crippen molar-refractivity contribution >= 4 is 22.4 Å². The molecule has 4 aromatic rings. The third-order valence-electron chi connectivity index (χ3n) is 5.79. The Morgan fingerprint density at radius 1 is 0.939 bits per heavy atom. The van der Waals surface area contributed by atoms with E-state index in [1.165, 1.54) is 5.01 Å². The van der Waals surface area contributed by atoms with Gasteiger partial charge in [-0.2, -0.15) is 10.4 Å². The number of benzene rings is 4. The predicted molar refractivity (Wildman–Crippen MR) is 128 cm³/mol. The van der Waals surface area contributed by atoms with E-state index in [2.05, 4.69) is 36.4 Å². The lowest BCUT2D eigenvalue weighted by molar-refractivity contribution is -0.135. The van der Waals surface area contributed by atoms with E-state index in [1.807, 2.05) is 42.5 Å². The van der Waals surface area contributed by atoms with E-state index in [9.17, 15) is 10.1 Å². The fourth-order valence-corrected chi connectivity index (χ4v) is 4.11. The number of para-hydroxylation sites is 1. The number of hydrogen-bond donors (Lipinski definition) is 0. The minimum absolute atomic E-state index is 0.198. The Bertz CT molecular complexity index is 1390. The minimum Gasteiger partial charge on any atom is -0.482 e. The number of hydrogen-bond acceptors (Lipinski definition) is 4. The molecule has 0 fully saturated rings. The molecule has 5 nitrogen and oxygen atoms in total. The van der Waals surface area contributed by atoms with Crippen molar-refractivity contribution in [3.05, 3.63) is 114 Å². The summed E-state index contributed by atoms with van der Waals surface area (Å²) in [6, 6.07) is 33.1. The molecule has 1 heterocycles. The van der Waals surface area contributed by atoms with Crippen molar-refractivity contribution in [1.82, 2.24) is 5.01 Å². The molecule has 1 unspecified atom stereocenters. The zero-order valence-electron chi connectivity index (χ0n) is 17.9. The summed E-state index contributed by atoms with van der Waals surface area (Å²) in [4.78, 5) is 13.2. The first-order chi connectivity index (χ1) is 16.2. The molecule has 0 radical (unpaired) electrons. The molecule has 1 aliphatic rings. The van der Waals surface area contributed by atoms with Crippen molar-refractivity contribution in [1.29, 1.82) is 5.26 Å². The molecule has 0 saturated heterocycles. The fourth-order valence-electron chi connectivity index (χ4n) is 4.11. The van der Waals surface area contributed by atoms with Gasteiger partial charge < -0.3 is 4.74 Å². The number of carbonyl (C=O) groups excluding carboxylic acids is 1. The van der Waals surface area contributed by atoms with Crippen molar-refractivity contribution in [2.24, 2.45) is 5.10 Å². The van der Waals surface area contributed by atoms with Crippen LogP contribution >= 0.6 is 0 Å². The summed E-state index contributed by atoms with van der Waals surface area (Å²) < 4.78 is 5.70. The van der Waals surface area contributed by atoms with Gasteiger partial charge in [0, 0.05) is 6.42 Å². The molecule has 0 aliphatic carbocycles. The standard InChI is InChI=1S/C28H21N3O2/c29-18-24-12-6-7-13-27(24)33-19-28(32)31-26(21-9-2-1-3-10-21)17-25(30-31)23-15-14-20-8-4-5-11-22(20)16-23/h1-16,26H,17,19H2. The SMILES string of the molecule is N#Cc1ccccc1OCC(=O)N1N=C(c2ccc3ccccc3c2)CC1c1ccccc1. The zero-order valence-corrected chi connectivity index (χ0v) is 17.9. The summed E-state index contributed by atoms with van der Waals surface area (Å²) in [5.74, 6) is 0.134. The van der Waals surface area contributed by atoms with Gasteiger partial charge in [-0.15, -0.1) is 0 Å². The third kappa shape index (κ3) is 4.19. The number of nitrogens with zero attached hydrogens (tertiary/aromatic N) is 3. The van der Waals surface area contributed by atoms with E-state index in [0.717, 1.165) is 27.6 Å². The Morgan fingerprint density at radius 3 is 2.48 bits per heavy atom. The van der Waals surface area contributed by atoms with Crippen LogP contribution in [0.1, 0.15) is 29.2 Å². The Kier molecular flexibility index (Phi) is 5.57. The number of ether oxygens (including phenoxy) is 1. The van der Waals surface area contributed by atoms with Crippen LogP contribution in [0.3, 0.4) is 0 Å². The Morgan fingerprint density at radius 2 is 1.67 bits per heavy atom. The van der Waals surface area contributed by atoms with E-state index in [1.54, 1.807) is 24.3 Å². The van der Waals surface area contributed by atoms with Crippen LogP contribution in [-0.2, 0) is 4.79 Å². The summed E-state index contributed by atoms with van der Waals surface area (Å²) in [5, 5.41) is 17.8. The molecule has 0 spiro atoms. The van der Waals surface area contributed by atoms with Gasteiger partial charge in [0.15, 0.2) is 6.61 Å². The second kappa shape index (κ2) is 8.97. The molecule has 0 N–H and O–H groups in total. The minimum atomic E-state index is -0.257. The summed E-state index contributed by atoms with van der Waals surface area (Å²) in [6.45, 7) is -0.198. The predicted octanol–water partition coefficient (Wildman–Crippen LogP) is 5.47. The van der Waals surface area contributed by atoms with Crippen LogP contribution in [0.15, 0.2) is 102 Å². The molecule has 1 atom stereocenters. The normalized spacial score (nSPS) is 15.2. The highest BCUT2D eigenvalue weighted by molar-refractivity contribution is 6.05. The number of fused-ring (bicyclic) bond motifs is 1. The smallest absolute Gasteiger partial charge is 0.281 e. The number of nitriles is 1. The van der Waals surface area contributed by atoms with E-state index in [4.69, 9.17) is 9.84 Å². The summed E-state index contributed by atoms with van der Waals surface area (Å²) in [5.41, 5.74) is 3.27. The molecular weight excluding hydrogens is 410 g/mol. The summed E-state index contributed by atoms with van der Waals surface area (Å²) in [6.07, 6.45) is 0.614. The molecule has 1 aliphatic heterocycles. The third-order valence-corrected chi connectivity index (χ3v) is 5.79. The van der Waals surface area contributed by atoms with Crippen molar-refractivity contribution < 1.29 is 9.53 Å². The van der Waals surface area contributed by atoms with Crippen LogP contribution in [0.5, 0.6) is 5.75 Å².